The maximum absolute atomic E-state index is 12.6. The Morgan fingerprint density at radius 2 is 2.19 bits per heavy atom. The number of anilines is 2. The first-order chi connectivity index (χ1) is 12.6. The van der Waals surface area contributed by atoms with Crippen molar-refractivity contribution in [2.24, 2.45) is 5.92 Å². The predicted molar refractivity (Wildman–Crippen MR) is 98.2 cm³/mol. The van der Waals surface area contributed by atoms with Gasteiger partial charge in [0.05, 0.1) is 30.4 Å². The SMILES string of the molecule is COc1cccc(N2C[C@@H](C(=O)Nc3ccc4nc[nH]c4c3)CC2=O)c1. The molecule has 7 nitrogen and oxygen atoms in total. The molecule has 2 aromatic carbocycles. The molecule has 7 heteroatoms. The molecule has 1 saturated heterocycles. The van der Waals surface area contributed by atoms with E-state index in [2.05, 4.69) is 15.3 Å². The lowest BCUT2D eigenvalue weighted by Crippen LogP contribution is -2.28. The second kappa shape index (κ2) is 6.51. The summed E-state index contributed by atoms with van der Waals surface area (Å²) in [7, 11) is 1.58. The molecule has 1 aromatic heterocycles. The maximum Gasteiger partial charge on any atom is 0.229 e. The van der Waals surface area contributed by atoms with E-state index in [0.29, 0.717) is 18.0 Å². The van der Waals surface area contributed by atoms with Gasteiger partial charge in [0, 0.05) is 30.4 Å². The third-order valence-electron chi connectivity index (χ3n) is 4.55. The van der Waals surface area contributed by atoms with E-state index in [1.54, 1.807) is 30.5 Å². The average Bonchev–Trinajstić information content (AvgIpc) is 3.27. The zero-order valence-electron chi connectivity index (χ0n) is 14.2. The summed E-state index contributed by atoms with van der Waals surface area (Å²) in [5.41, 5.74) is 3.11. The molecule has 2 amide bonds. The highest BCUT2D eigenvalue weighted by molar-refractivity contribution is 6.04. The van der Waals surface area contributed by atoms with Crippen molar-refractivity contribution in [1.82, 2.24) is 9.97 Å². The first kappa shape index (κ1) is 16.1. The summed E-state index contributed by atoms with van der Waals surface area (Å²) >= 11 is 0. The molecule has 0 unspecified atom stereocenters. The van der Waals surface area contributed by atoms with Crippen molar-refractivity contribution in [3.05, 3.63) is 48.8 Å². The number of nitrogens with one attached hydrogen (secondary N) is 2. The Labute approximate surface area is 150 Å². The fraction of sp³-hybridized carbons (Fsp3) is 0.211. The van der Waals surface area contributed by atoms with Crippen LogP contribution in [0.15, 0.2) is 48.8 Å². The van der Waals surface area contributed by atoms with Gasteiger partial charge in [0.1, 0.15) is 5.75 Å². The number of fused-ring (bicyclic) bond motifs is 1. The summed E-state index contributed by atoms with van der Waals surface area (Å²) in [5, 5.41) is 2.89. The van der Waals surface area contributed by atoms with Crippen molar-refractivity contribution >= 4 is 34.2 Å². The predicted octanol–water partition coefficient (Wildman–Crippen LogP) is 2.56. The summed E-state index contributed by atoms with van der Waals surface area (Å²) < 4.78 is 5.21. The molecule has 0 bridgehead atoms. The van der Waals surface area contributed by atoms with E-state index >= 15 is 0 Å². The van der Waals surface area contributed by atoms with Crippen molar-refractivity contribution < 1.29 is 14.3 Å². The minimum Gasteiger partial charge on any atom is -0.497 e. The molecule has 0 saturated carbocycles. The normalized spacial score (nSPS) is 16.9. The monoisotopic (exact) mass is 350 g/mol. The molecule has 1 fully saturated rings. The van der Waals surface area contributed by atoms with Gasteiger partial charge in [-0.05, 0) is 30.3 Å². The van der Waals surface area contributed by atoms with Gasteiger partial charge in [-0.3, -0.25) is 9.59 Å². The van der Waals surface area contributed by atoms with Crippen LogP contribution in [0.2, 0.25) is 0 Å². The number of benzene rings is 2. The summed E-state index contributed by atoms with van der Waals surface area (Å²) in [6.45, 7) is 0.351. The van der Waals surface area contributed by atoms with E-state index in [1.807, 2.05) is 30.3 Å². The minimum absolute atomic E-state index is 0.0672. The highest BCUT2D eigenvalue weighted by Gasteiger charge is 2.35. The molecule has 4 rings (SSSR count). The number of carbonyl (C=O) groups excluding carboxylic acids is 2. The van der Waals surface area contributed by atoms with E-state index in [0.717, 1.165) is 16.7 Å². The lowest BCUT2D eigenvalue weighted by atomic mass is 10.1. The van der Waals surface area contributed by atoms with Crippen LogP contribution in [0.5, 0.6) is 5.75 Å². The van der Waals surface area contributed by atoms with Crippen molar-refractivity contribution in [3.63, 3.8) is 0 Å². The van der Waals surface area contributed by atoms with Crippen LogP contribution >= 0.6 is 0 Å². The molecule has 1 aliphatic rings. The first-order valence-electron chi connectivity index (χ1n) is 8.32. The lowest BCUT2D eigenvalue weighted by molar-refractivity contribution is -0.122. The number of rotatable bonds is 4. The molecule has 1 atom stereocenters. The minimum atomic E-state index is -0.397. The molecule has 132 valence electrons. The van der Waals surface area contributed by atoms with Crippen LogP contribution in [0.4, 0.5) is 11.4 Å². The zero-order valence-corrected chi connectivity index (χ0v) is 14.2. The van der Waals surface area contributed by atoms with Gasteiger partial charge in [-0.1, -0.05) is 6.07 Å². The second-order valence-electron chi connectivity index (χ2n) is 6.23. The Bertz CT molecular complexity index is 982. The standard InChI is InChI=1S/C19H18N4O3/c1-26-15-4-2-3-14(9-15)23-10-12(7-18(23)24)19(25)22-13-5-6-16-17(8-13)21-11-20-16/h2-6,8-9,11-12H,7,10H2,1H3,(H,20,21)(H,22,25)/t12-/m0/s1. The Hall–Kier alpha value is -3.35. The van der Waals surface area contributed by atoms with E-state index in [9.17, 15) is 9.59 Å². The smallest absolute Gasteiger partial charge is 0.229 e. The van der Waals surface area contributed by atoms with Crippen molar-refractivity contribution in [3.8, 4) is 5.75 Å². The van der Waals surface area contributed by atoms with Crippen LogP contribution in [0.1, 0.15) is 6.42 Å². The van der Waals surface area contributed by atoms with Crippen LogP contribution < -0.4 is 15.0 Å². The number of H-pyrrole nitrogens is 1. The number of carbonyl (C=O) groups is 2. The first-order valence-corrected chi connectivity index (χ1v) is 8.32. The number of methoxy groups -OCH3 is 1. The maximum atomic E-state index is 12.6. The van der Waals surface area contributed by atoms with Gasteiger partial charge in [0.15, 0.2) is 0 Å². The number of nitrogens with zero attached hydrogens (tertiary/aromatic N) is 2. The molecule has 0 radical (unpaired) electrons. The fourth-order valence-corrected chi connectivity index (χ4v) is 3.17. The van der Waals surface area contributed by atoms with Crippen LogP contribution in [-0.2, 0) is 9.59 Å². The third-order valence-corrected chi connectivity index (χ3v) is 4.55. The number of amides is 2. The van der Waals surface area contributed by atoms with Crippen LogP contribution in [0, 0.1) is 5.92 Å². The van der Waals surface area contributed by atoms with Crippen molar-refractivity contribution in [2.75, 3.05) is 23.9 Å². The van der Waals surface area contributed by atoms with Crippen LogP contribution in [0.25, 0.3) is 11.0 Å². The van der Waals surface area contributed by atoms with Gasteiger partial charge >= 0.3 is 0 Å². The van der Waals surface area contributed by atoms with E-state index < -0.39 is 5.92 Å². The number of ether oxygens (including phenoxy) is 1. The van der Waals surface area contributed by atoms with E-state index in [4.69, 9.17) is 4.74 Å². The topological polar surface area (TPSA) is 87.3 Å². The van der Waals surface area contributed by atoms with Crippen molar-refractivity contribution in [2.45, 2.75) is 6.42 Å². The summed E-state index contributed by atoms with van der Waals surface area (Å²) in [6, 6.07) is 12.8. The van der Waals surface area contributed by atoms with Crippen LogP contribution in [-0.4, -0.2) is 35.4 Å². The fourth-order valence-electron chi connectivity index (χ4n) is 3.17. The van der Waals surface area contributed by atoms with Gasteiger partial charge in [-0.25, -0.2) is 4.98 Å². The Kier molecular flexibility index (Phi) is 4.04. The highest BCUT2D eigenvalue weighted by atomic mass is 16.5. The number of aromatic amines is 1. The molecule has 0 spiro atoms. The van der Waals surface area contributed by atoms with E-state index in [-0.39, 0.29) is 18.2 Å². The number of hydrogen-bond acceptors (Lipinski definition) is 4. The van der Waals surface area contributed by atoms with Crippen molar-refractivity contribution in [1.29, 1.82) is 0 Å². The lowest BCUT2D eigenvalue weighted by Gasteiger charge is -2.17. The van der Waals surface area contributed by atoms with Gasteiger partial charge in [-0.15, -0.1) is 0 Å². The second-order valence-corrected chi connectivity index (χ2v) is 6.23. The number of hydrogen-bond donors (Lipinski definition) is 2. The van der Waals surface area contributed by atoms with Gasteiger partial charge in [-0.2, -0.15) is 0 Å². The summed E-state index contributed by atoms with van der Waals surface area (Å²) in [4.78, 5) is 33.8. The Morgan fingerprint density at radius 3 is 3.04 bits per heavy atom. The third kappa shape index (κ3) is 2.99. The zero-order chi connectivity index (χ0) is 18.1. The molecular weight excluding hydrogens is 332 g/mol. The van der Waals surface area contributed by atoms with Gasteiger partial charge in [0.25, 0.3) is 0 Å². The van der Waals surface area contributed by atoms with Gasteiger partial charge < -0.3 is 19.9 Å². The molecule has 3 aromatic rings. The molecule has 2 heterocycles. The number of aromatic nitrogens is 2. The molecule has 2 N–H and O–H groups in total. The Morgan fingerprint density at radius 1 is 1.31 bits per heavy atom. The summed E-state index contributed by atoms with van der Waals surface area (Å²) in [6.07, 6.45) is 1.80. The summed E-state index contributed by atoms with van der Waals surface area (Å²) in [5.74, 6) is 0.0484. The molecule has 1 aliphatic heterocycles. The largest absolute Gasteiger partial charge is 0.497 e. The molecule has 26 heavy (non-hydrogen) atoms. The van der Waals surface area contributed by atoms with Crippen LogP contribution in [0.3, 0.4) is 0 Å². The van der Waals surface area contributed by atoms with E-state index in [1.165, 1.54) is 0 Å². The molecular formula is C19H18N4O3. The molecule has 0 aliphatic carbocycles. The quantitative estimate of drug-likeness (QED) is 0.757. The average molecular weight is 350 g/mol. The highest BCUT2D eigenvalue weighted by Crippen LogP contribution is 2.28. The Balaban J connectivity index is 1.47. The van der Waals surface area contributed by atoms with Gasteiger partial charge in [0.2, 0.25) is 11.8 Å². The number of imidazole rings is 1.